The number of halogens is 1. The van der Waals surface area contributed by atoms with Gasteiger partial charge in [-0.05, 0) is 32.8 Å². The Balaban J connectivity index is 0.00000450. The number of nitrogens with one attached hydrogen (secondary N) is 2. The minimum atomic E-state index is -0.0223. The topological polar surface area (TPSA) is 87.0 Å². The van der Waals surface area contributed by atoms with Gasteiger partial charge in [0.1, 0.15) is 6.54 Å². The molecule has 0 radical (unpaired) electrons. The van der Waals surface area contributed by atoms with Gasteiger partial charge in [-0.15, -0.1) is 24.0 Å². The zero-order valence-corrected chi connectivity index (χ0v) is 21.5. The maximum atomic E-state index is 12.0. The van der Waals surface area contributed by atoms with Crippen LogP contribution in [0.3, 0.4) is 0 Å². The highest BCUT2D eigenvalue weighted by Crippen LogP contribution is 2.14. The molecule has 1 atom stereocenters. The third kappa shape index (κ3) is 8.38. The van der Waals surface area contributed by atoms with Gasteiger partial charge in [-0.3, -0.25) is 14.4 Å². The first-order valence-corrected chi connectivity index (χ1v) is 10.3. The third-order valence-electron chi connectivity index (χ3n) is 5.25. The highest BCUT2D eigenvalue weighted by atomic mass is 127. The Bertz CT molecular complexity index is 700. The number of rotatable bonds is 8. The lowest BCUT2D eigenvalue weighted by atomic mass is 10.1. The number of aliphatic imine (C=N–C) groups is 1. The fourth-order valence-corrected chi connectivity index (χ4v) is 3.30. The smallest absolute Gasteiger partial charge is 0.243 e. The molecule has 1 fully saturated rings. The van der Waals surface area contributed by atoms with E-state index < -0.39 is 0 Å². The fourth-order valence-electron chi connectivity index (χ4n) is 3.30. The summed E-state index contributed by atoms with van der Waals surface area (Å²) in [6.45, 7) is 11.5. The van der Waals surface area contributed by atoms with Gasteiger partial charge in [-0.1, -0.05) is 0 Å². The van der Waals surface area contributed by atoms with Crippen molar-refractivity contribution in [2.75, 3.05) is 60.0 Å². The number of amides is 1. The normalized spacial score (nSPS) is 16.0. The number of carbonyl (C=O) groups excluding carboxylic acids is 1. The summed E-state index contributed by atoms with van der Waals surface area (Å²) in [7, 11) is 5.46. The molecule has 2 N–H and O–H groups in total. The SMILES string of the molecule is Cc1nn(C)c(C)c1CC(C)NC(=NCC(=O)N(C)C)NCCN1CCOCC1.I. The molecule has 2 rings (SSSR count). The molecule has 1 aromatic rings. The van der Waals surface area contributed by atoms with Crippen LogP contribution in [0.1, 0.15) is 23.9 Å². The molecule has 30 heavy (non-hydrogen) atoms. The zero-order chi connectivity index (χ0) is 21.4. The first kappa shape index (κ1) is 26.6. The fraction of sp³-hybridized carbons (Fsp3) is 0.750. The van der Waals surface area contributed by atoms with Crippen molar-refractivity contribution in [3.05, 3.63) is 17.0 Å². The van der Waals surface area contributed by atoms with Gasteiger partial charge in [0.05, 0.1) is 18.9 Å². The largest absolute Gasteiger partial charge is 0.379 e. The summed E-state index contributed by atoms with van der Waals surface area (Å²) in [6, 6.07) is 0.153. The highest BCUT2D eigenvalue weighted by Gasteiger charge is 2.15. The summed E-state index contributed by atoms with van der Waals surface area (Å²) in [5.41, 5.74) is 3.49. The maximum Gasteiger partial charge on any atom is 0.243 e. The van der Waals surface area contributed by atoms with E-state index in [1.54, 1.807) is 19.0 Å². The first-order chi connectivity index (χ1) is 13.8. The van der Waals surface area contributed by atoms with E-state index in [1.807, 2.05) is 18.7 Å². The van der Waals surface area contributed by atoms with E-state index in [2.05, 4.69) is 39.5 Å². The average molecular weight is 535 g/mol. The molecule has 172 valence electrons. The molecule has 1 unspecified atom stereocenters. The zero-order valence-electron chi connectivity index (χ0n) is 19.2. The first-order valence-electron chi connectivity index (χ1n) is 10.3. The molecule has 10 heteroatoms. The van der Waals surface area contributed by atoms with Crippen LogP contribution in [0.5, 0.6) is 0 Å². The molecule has 0 saturated carbocycles. The van der Waals surface area contributed by atoms with Gasteiger partial charge >= 0.3 is 0 Å². The summed E-state index contributed by atoms with van der Waals surface area (Å²) in [5.74, 6) is 0.644. The highest BCUT2D eigenvalue weighted by molar-refractivity contribution is 14.0. The van der Waals surface area contributed by atoms with Crippen molar-refractivity contribution in [2.45, 2.75) is 33.2 Å². The van der Waals surface area contributed by atoms with Gasteiger partial charge in [-0.25, -0.2) is 4.99 Å². The van der Waals surface area contributed by atoms with Crippen molar-refractivity contribution >= 4 is 35.8 Å². The molecule has 0 aromatic carbocycles. The van der Waals surface area contributed by atoms with E-state index in [-0.39, 0.29) is 42.5 Å². The molecule has 1 aromatic heterocycles. The molecule has 0 spiro atoms. The second-order valence-electron chi connectivity index (χ2n) is 7.86. The van der Waals surface area contributed by atoms with Crippen molar-refractivity contribution in [3.8, 4) is 0 Å². The number of hydrogen-bond donors (Lipinski definition) is 2. The second-order valence-corrected chi connectivity index (χ2v) is 7.86. The lowest BCUT2D eigenvalue weighted by molar-refractivity contribution is -0.127. The van der Waals surface area contributed by atoms with Gasteiger partial charge in [0, 0.05) is 59.1 Å². The summed E-state index contributed by atoms with van der Waals surface area (Å²) in [6.07, 6.45) is 0.845. The van der Waals surface area contributed by atoms with E-state index in [0.717, 1.165) is 51.5 Å². The van der Waals surface area contributed by atoms with Gasteiger partial charge in [0.25, 0.3) is 0 Å². The Labute approximate surface area is 197 Å². The van der Waals surface area contributed by atoms with Crippen LogP contribution in [0.2, 0.25) is 0 Å². The number of morpholine rings is 1. The summed E-state index contributed by atoms with van der Waals surface area (Å²) in [4.78, 5) is 20.4. The van der Waals surface area contributed by atoms with Crippen LogP contribution in [0.25, 0.3) is 0 Å². The van der Waals surface area contributed by atoms with Crippen LogP contribution >= 0.6 is 24.0 Å². The molecule has 0 bridgehead atoms. The Hall–Kier alpha value is -1.40. The van der Waals surface area contributed by atoms with E-state index in [0.29, 0.717) is 5.96 Å². The van der Waals surface area contributed by atoms with E-state index in [9.17, 15) is 4.79 Å². The molecule has 1 amide bonds. The lowest BCUT2D eigenvalue weighted by Crippen LogP contribution is -2.47. The predicted octanol–water partition coefficient (Wildman–Crippen LogP) is 0.542. The minimum Gasteiger partial charge on any atom is -0.379 e. The Morgan fingerprint density at radius 3 is 2.53 bits per heavy atom. The molecular formula is C20H38IN7O2. The van der Waals surface area contributed by atoms with Crippen molar-refractivity contribution in [3.63, 3.8) is 0 Å². The molecule has 1 aliphatic rings. The van der Waals surface area contributed by atoms with Gasteiger partial charge in [0.2, 0.25) is 5.91 Å². The molecule has 1 saturated heterocycles. The number of hydrogen-bond acceptors (Lipinski definition) is 5. The number of aromatic nitrogens is 2. The molecule has 9 nitrogen and oxygen atoms in total. The third-order valence-corrected chi connectivity index (χ3v) is 5.25. The predicted molar refractivity (Wildman–Crippen MR) is 131 cm³/mol. The Morgan fingerprint density at radius 1 is 1.30 bits per heavy atom. The molecule has 2 heterocycles. The average Bonchev–Trinajstić information content (AvgIpc) is 2.92. The van der Waals surface area contributed by atoms with E-state index in [4.69, 9.17) is 4.74 Å². The molecule has 0 aliphatic carbocycles. The summed E-state index contributed by atoms with van der Waals surface area (Å²) < 4.78 is 7.32. The maximum absolute atomic E-state index is 12.0. The quantitative estimate of drug-likeness (QED) is 0.287. The van der Waals surface area contributed by atoms with Crippen molar-refractivity contribution < 1.29 is 9.53 Å². The lowest BCUT2D eigenvalue weighted by Gasteiger charge is -2.27. The van der Waals surface area contributed by atoms with Crippen molar-refractivity contribution in [2.24, 2.45) is 12.0 Å². The van der Waals surface area contributed by atoms with Crippen LogP contribution in [-0.2, 0) is 23.0 Å². The Morgan fingerprint density at radius 2 is 1.97 bits per heavy atom. The standard InChI is InChI=1S/C20H37N7O2.HI/c1-15(13-18-16(2)24-26(6)17(18)3)23-20(22-14-19(28)25(4)5)21-7-8-27-9-11-29-12-10-27;/h15H,7-14H2,1-6H3,(H2,21,22,23);1H. The number of likely N-dealkylation sites (N-methyl/N-ethyl adjacent to an activating group) is 1. The van der Waals surface area contributed by atoms with Crippen LogP contribution in [0.15, 0.2) is 4.99 Å². The molecule has 1 aliphatic heterocycles. The molecular weight excluding hydrogens is 497 g/mol. The number of nitrogens with zero attached hydrogens (tertiary/aromatic N) is 5. The second kappa shape index (κ2) is 13.1. The monoisotopic (exact) mass is 535 g/mol. The number of aryl methyl sites for hydroxylation is 2. The number of ether oxygens (including phenoxy) is 1. The van der Waals surface area contributed by atoms with E-state index in [1.165, 1.54) is 11.3 Å². The summed E-state index contributed by atoms with van der Waals surface area (Å²) >= 11 is 0. The number of guanidine groups is 1. The minimum absolute atomic E-state index is 0. The Kier molecular flexibility index (Phi) is 11.6. The van der Waals surface area contributed by atoms with Crippen LogP contribution in [0, 0.1) is 13.8 Å². The van der Waals surface area contributed by atoms with Crippen LogP contribution in [0.4, 0.5) is 0 Å². The number of carbonyl (C=O) groups is 1. The van der Waals surface area contributed by atoms with Crippen LogP contribution in [-0.4, -0.2) is 97.5 Å². The van der Waals surface area contributed by atoms with Crippen molar-refractivity contribution in [1.29, 1.82) is 0 Å². The van der Waals surface area contributed by atoms with Crippen molar-refractivity contribution in [1.82, 2.24) is 30.2 Å². The summed E-state index contributed by atoms with van der Waals surface area (Å²) in [5, 5.41) is 11.3. The van der Waals surface area contributed by atoms with E-state index >= 15 is 0 Å². The van der Waals surface area contributed by atoms with Crippen LogP contribution < -0.4 is 10.6 Å². The van der Waals surface area contributed by atoms with Gasteiger partial charge in [-0.2, -0.15) is 5.10 Å². The van der Waals surface area contributed by atoms with Gasteiger partial charge < -0.3 is 20.3 Å². The van der Waals surface area contributed by atoms with Gasteiger partial charge in [0.15, 0.2) is 5.96 Å².